The Labute approximate surface area is 215 Å². The van der Waals surface area contributed by atoms with E-state index in [9.17, 15) is 0 Å². The minimum Gasteiger partial charge on any atom is -0.254 e. The van der Waals surface area contributed by atoms with Gasteiger partial charge in [-0.25, -0.2) is 4.98 Å². The standard InChI is InChI=1S/C35H24N2/c1-23-12-13-27-21-28(15-14-26(27)20-23)33-22-32(25-10-6-3-7-11-25)31-17-16-30-29(24-8-4-2-5-9-24)18-19-36-34(30)35(31)37-33/h2-22H,1H3. The fourth-order valence-corrected chi connectivity index (χ4v) is 5.30. The zero-order valence-corrected chi connectivity index (χ0v) is 20.5. The highest BCUT2D eigenvalue weighted by Gasteiger charge is 2.15. The summed E-state index contributed by atoms with van der Waals surface area (Å²) in [4.78, 5) is 10.1. The van der Waals surface area contributed by atoms with Crippen LogP contribution in [0.4, 0.5) is 0 Å². The Morgan fingerprint density at radius 1 is 0.486 bits per heavy atom. The van der Waals surface area contributed by atoms with Crippen LogP contribution in [0.1, 0.15) is 5.56 Å². The molecule has 2 heterocycles. The fourth-order valence-electron chi connectivity index (χ4n) is 5.30. The second-order valence-electron chi connectivity index (χ2n) is 9.57. The lowest BCUT2D eigenvalue weighted by Gasteiger charge is -2.14. The predicted molar refractivity (Wildman–Crippen MR) is 156 cm³/mol. The smallest absolute Gasteiger partial charge is 0.0978 e. The third-order valence-electron chi connectivity index (χ3n) is 7.15. The Balaban J connectivity index is 1.54. The average Bonchev–Trinajstić information content (AvgIpc) is 2.96. The van der Waals surface area contributed by atoms with Gasteiger partial charge in [0.2, 0.25) is 0 Å². The van der Waals surface area contributed by atoms with Gasteiger partial charge in [0.05, 0.1) is 16.7 Å². The number of nitrogens with zero attached hydrogens (tertiary/aromatic N) is 2. The second-order valence-corrected chi connectivity index (χ2v) is 9.57. The van der Waals surface area contributed by atoms with E-state index >= 15 is 0 Å². The Morgan fingerprint density at radius 3 is 1.89 bits per heavy atom. The van der Waals surface area contributed by atoms with Crippen molar-refractivity contribution in [3.05, 3.63) is 133 Å². The zero-order valence-electron chi connectivity index (χ0n) is 20.5. The van der Waals surface area contributed by atoms with Crippen LogP contribution in [-0.2, 0) is 0 Å². The Morgan fingerprint density at radius 2 is 1.14 bits per heavy atom. The molecule has 7 aromatic rings. The van der Waals surface area contributed by atoms with Crippen LogP contribution in [0, 0.1) is 6.92 Å². The van der Waals surface area contributed by atoms with Gasteiger partial charge in [0.1, 0.15) is 0 Å². The van der Waals surface area contributed by atoms with E-state index < -0.39 is 0 Å². The van der Waals surface area contributed by atoms with Gasteiger partial charge in [0, 0.05) is 22.5 Å². The molecule has 0 aliphatic carbocycles. The van der Waals surface area contributed by atoms with Crippen molar-refractivity contribution >= 4 is 32.6 Å². The van der Waals surface area contributed by atoms with Gasteiger partial charge in [0.15, 0.2) is 0 Å². The molecule has 0 radical (unpaired) electrons. The van der Waals surface area contributed by atoms with Crippen LogP contribution in [0.25, 0.3) is 66.1 Å². The van der Waals surface area contributed by atoms with Gasteiger partial charge in [-0.2, -0.15) is 0 Å². The fraction of sp³-hybridized carbons (Fsp3) is 0.0286. The van der Waals surface area contributed by atoms with Gasteiger partial charge in [-0.1, -0.05) is 109 Å². The highest BCUT2D eigenvalue weighted by molar-refractivity contribution is 6.12. The Kier molecular flexibility index (Phi) is 5.04. The minimum absolute atomic E-state index is 0.925. The lowest BCUT2D eigenvalue weighted by Crippen LogP contribution is -1.93. The van der Waals surface area contributed by atoms with Crippen molar-refractivity contribution in [1.82, 2.24) is 9.97 Å². The second kappa shape index (κ2) is 8.69. The number of rotatable bonds is 3. The van der Waals surface area contributed by atoms with Crippen LogP contribution in [0.3, 0.4) is 0 Å². The quantitative estimate of drug-likeness (QED) is 0.240. The van der Waals surface area contributed by atoms with E-state index in [0.717, 1.165) is 33.1 Å². The van der Waals surface area contributed by atoms with Crippen molar-refractivity contribution in [3.8, 4) is 33.5 Å². The van der Waals surface area contributed by atoms with E-state index in [1.807, 2.05) is 12.3 Å². The van der Waals surface area contributed by atoms with Crippen molar-refractivity contribution in [1.29, 1.82) is 0 Å². The molecule has 0 fully saturated rings. The predicted octanol–water partition coefficient (Wildman–Crippen LogP) is 9.25. The van der Waals surface area contributed by atoms with Crippen LogP contribution in [0.5, 0.6) is 0 Å². The summed E-state index contributed by atoms with van der Waals surface area (Å²) in [6, 6.07) is 43.0. The monoisotopic (exact) mass is 472 g/mol. The van der Waals surface area contributed by atoms with E-state index in [0.29, 0.717) is 0 Å². The van der Waals surface area contributed by atoms with Gasteiger partial charge in [-0.15, -0.1) is 0 Å². The maximum atomic E-state index is 5.26. The minimum atomic E-state index is 0.925. The number of hydrogen-bond donors (Lipinski definition) is 0. The van der Waals surface area contributed by atoms with Crippen LogP contribution < -0.4 is 0 Å². The summed E-state index contributed by atoms with van der Waals surface area (Å²) in [6.07, 6.45) is 1.90. The third kappa shape index (κ3) is 3.75. The summed E-state index contributed by atoms with van der Waals surface area (Å²) in [5.74, 6) is 0. The van der Waals surface area contributed by atoms with Gasteiger partial charge in [-0.3, -0.25) is 4.98 Å². The molecule has 7 rings (SSSR count). The van der Waals surface area contributed by atoms with Crippen molar-refractivity contribution in [2.75, 3.05) is 0 Å². The van der Waals surface area contributed by atoms with Crippen LogP contribution in [0.2, 0.25) is 0 Å². The number of hydrogen-bond acceptors (Lipinski definition) is 2. The molecule has 174 valence electrons. The number of benzene rings is 5. The summed E-state index contributed by atoms with van der Waals surface area (Å²) in [5, 5.41) is 4.68. The lowest BCUT2D eigenvalue weighted by atomic mass is 9.94. The molecule has 0 aliphatic heterocycles. The molecule has 37 heavy (non-hydrogen) atoms. The summed E-state index contributed by atoms with van der Waals surface area (Å²) < 4.78 is 0. The molecule has 2 heteroatoms. The summed E-state index contributed by atoms with van der Waals surface area (Å²) in [7, 11) is 0. The average molecular weight is 473 g/mol. The van der Waals surface area contributed by atoms with E-state index in [1.54, 1.807) is 0 Å². The van der Waals surface area contributed by atoms with Crippen molar-refractivity contribution in [2.45, 2.75) is 6.92 Å². The van der Waals surface area contributed by atoms with Gasteiger partial charge in [0.25, 0.3) is 0 Å². The van der Waals surface area contributed by atoms with Gasteiger partial charge < -0.3 is 0 Å². The molecule has 5 aromatic carbocycles. The van der Waals surface area contributed by atoms with Crippen molar-refractivity contribution in [3.63, 3.8) is 0 Å². The van der Waals surface area contributed by atoms with Crippen molar-refractivity contribution in [2.24, 2.45) is 0 Å². The third-order valence-corrected chi connectivity index (χ3v) is 7.15. The molecule has 2 aromatic heterocycles. The molecule has 0 unspecified atom stereocenters. The summed E-state index contributed by atoms with van der Waals surface area (Å²) >= 11 is 0. The lowest BCUT2D eigenvalue weighted by molar-refractivity contribution is 1.37. The Hall–Kier alpha value is -4.82. The summed E-state index contributed by atoms with van der Waals surface area (Å²) in [6.45, 7) is 2.13. The number of aromatic nitrogens is 2. The molecule has 0 bridgehead atoms. The first-order valence-electron chi connectivity index (χ1n) is 12.6. The first-order valence-corrected chi connectivity index (χ1v) is 12.6. The highest BCUT2D eigenvalue weighted by Crippen LogP contribution is 2.37. The largest absolute Gasteiger partial charge is 0.254 e. The topological polar surface area (TPSA) is 25.8 Å². The zero-order chi connectivity index (χ0) is 24.8. The summed E-state index contributed by atoms with van der Waals surface area (Å²) in [5.41, 5.74) is 9.86. The van der Waals surface area contributed by atoms with Crippen molar-refractivity contribution < 1.29 is 0 Å². The highest BCUT2D eigenvalue weighted by atomic mass is 14.8. The van der Waals surface area contributed by atoms with Crippen LogP contribution in [0.15, 0.2) is 128 Å². The number of pyridine rings is 2. The molecule has 0 amide bonds. The molecular weight excluding hydrogens is 448 g/mol. The first-order chi connectivity index (χ1) is 18.2. The molecule has 0 atom stereocenters. The molecule has 0 saturated heterocycles. The molecule has 0 spiro atoms. The van der Waals surface area contributed by atoms with E-state index in [1.165, 1.54) is 38.6 Å². The van der Waals surface area contributed by atoms with Crippen LogP contribution >= 0.6 is 0 Å². The SMILES string of the molecule is Cc1ccc2cc(-c3cc(-c4ccccc4)c4ccc5c(-c6ccccc6)ccnc5c4n3)ccc2c1. The van der Waals surface area contributed by atoms with E-state index in [-0.39, 0.29) is 0 Å². The first kappa shape index (κ1) is 21.5. The van der Waals surface area contributed by atoms with E-state index in [2.05, 4.69) is 122 Å². The van der Waals surface area contributed by atoms with E-state index in [4.69, 9.17) is 9.97 Å². The molecule has 0 aliphatic rings. The maximum absolute atomic E-state index is 5.26. The number of fused-ring (bicyclic) bond motifs is 4. The Bertz CT molecular complexity index is 1920. The number of aryl methyl sites for hydroxylation is 1. The molecule has 0 saturated carbocycles. The van der Waals surface area contributed by atoms with Gasteiger partial charge in [-0.05, 0) is 58.1 Å². The molecule has 2 nitrogen and oxygen atoms in total. The van der Waals surface area contributed by atoms with Crippen LogP contribution in [-0.4, -0.2) is 9.97 Å². The normalized spacial score (nSPS) is 11.4. The maximum Gasteiger partial charge on any atom is 0.0978 e. The molecular formula is C35H24N2. The van der Waals surface area contributed by atoms with Gasteiger partial charge >= 0.3 is 0 Å². The molecule has 0 N–H and O–H groups in total.